The van der Waals surface area contributed by atoms with Crippen LogP contribution in [0.1, 0.15) is 43.5 Å². The van der Waals surface area contributed by atoms with E-state index in [4.69, 9.17) is 4.52 Å². The molecule has 1 saturated heterocycles. The Kier molecular flexibility index (Phi) is 4.21. The monoisotopic (exact) mass is 305 g/mol. The molecule has 0 amide bonds. The van der Waals surface area contributed by atoms with E-state index in [2.05, 4.69) is 50.9 Å². The first-order valence-corrected chi connectivity index (χ1v) is 7.65. The van der Waals surface area contributed by atoms with Gasteiger partial charge in [-0.25, -0.2) is 9.67 Å². The second-order valence-electron chi connectivity index (χ2n) is 6.13. The molecular weight excluding hydrogens is 282 g/mol. The molecule has 1 aliphatic rings. The van der Waals surface area contributed by atoms with Crippen molar-refractivity contribution in [3.63, 3.8) is 0 Å². The number of aryl methyl sites for hydroxylation is 1. The van der Waals surface area contributed by atoms with Gasteiger partial charge in [0.1, 0.15) is 18.2 Å². The van der Waals surface area contributed by atoms with Crippen LogP contribution in [0.4, 0.5) is 0 Å². The van der Waals surface area contributed by atoms with Crippen molar-refractivity contribution in [3.8, 4) is 0 Å². The highest BCUT2D eigenvalue weighted by Crippen LogP contribution is 2.23. The number of hydrogen-bond acceptors (Lipinski definition) is 7. The maximum absolute atomic E-state index is 5.36. The fourth-order valence-electron chi connectivity index (χ4n) is 2.81. The molecule has 0 radical (unpaired) electrons. The molecule has 0 aromatic carbocycles. The van der Waals surface area contributed by atoms with Crippen molar-refractivity contribution in [3.05, 3.63) is 23.9 Å². The lowest BCUT2D eigenvalue weighted by Crippen LogP contribution is -2.46. The van der Waals surface area contributed by atoms with E-state index in [9.17, 15) is 0 Å². The van der Waals surface area contributed by atoms with Crippen LogP contribution in [0.2, 0.25) is 0 Å². The Hall–Kier alpha value is -1.80. The quantitative estimate of drug-likeness (QED) is 0.835. The number of likely N-dealkylation sites (N-methyl/N-ethyl adjacent to an activating group) is 1. The zero-order valence-corrected chi connectivity index (χ0v) is 13.6. The first-order valence-electron chi connectivity index (χ1n) is 7.65. The lowest BCUT2D eigenvalue weighted by Gasteiger charge is -2.37. The first-order chi connectivity index (χ1) is 10.5. The van der Waals surface area contributed by atoms with Gasteiger partial charge in [0.25, 0.3) is 0 Å². The lowest BCUT2D eigenvalue weighted by molar-refractivity contribution is 0.0688. The summed E-state index contributed by atoms with van der Waals surface area (Å²) in [5, 5.41) is 8.21. The van der Waals surface area contributed by atoms with Crippen LogP contribution in [0, 0.1) is 6.92 Å². The molecule has 22 heavy (non-hydrogen) atoms. The van der Waals surface area contributed by atoms with Crippen molar-refractivity contribution in [2.24, 2.45) is 0 Å². The van der Waals surface area contributed by atoms with Crippen LogP contribution in [0.3, 0.4) is 0 Å². The molecule has 1 fully saturated rings. The predicted octanol–water partition coefficient (Wildman–Crippen LogP) is 1.04. The van der Waals surface area contributed by atoms with Crippen LogP contribution >= 0.6 is 0 Å². The van der Waals surface area contributed by atoms with Gasteiger partial charge in [-0.05, 0) is 27.8 Å². The fraction of sp³-hybridized carbons (Fsp3) is 0.714. The second-order valence-corrected chi connectivity index (χ2v) is 6.13. The summed E-state index contributed by atoms with van der Waals surface area (Å²) in [5.41, 5.74) is 0. The largest absolute Gasteiger partial charge is 0.338 e. The Balaban J connectivity index is 1.72. The summed E-state index contributed by atoms with van der Waals surface area (Å²) in [7, 11) is 2.10. The molecule has 0 saturated carbocycles. The van der Waals surface area contributed by atoms with Crippen molar-refractivity contribution in [2.45, 2.75) is 39.4 Å². The number of hydrogen-bond donors (Lipinski definition) is 0. The summed E-state index contributed by atoms with van der Waals surface area (Å²) in [5.74, 6) is 2.37. The normalized spacial score (nSPS) is 20.9. The van der Waals surface area contributed by atoms with Crippen LogP contribution < -0.4 is 0 Å². The van der Waals surface area contributed by atoms with Gasteiger partial charge in [-0.15, -0.1) is 0 Å². The first kappa shape index (κ1) is 15.1. The molecule has 120 valence electrons. The molecule has 0 aliphatic carbocycles. The summed E-state index contributed by atoms with van der Waals surface area (Å²) < 4.78 is 7.33. The molecule has 0 N–H and O–H groups in total. The van der Waals surface area contributed by atoms with E-state index < -0.39 is 0 Å². The summed E-state index contributed by atoms with van der Waals surface area (Å²) in [4.78, 5) is 13.4. The van der Waals surface area contributed by atoms with Gasteiger partial charge in [-0.2, -0.15) is 10.1 Å². The molecule has 2 aromatic heterocycles. The Labute approximate surface area is 130 Å². The smallest absolute Gasteiger partial charge is 0.245 e. The Bertz CT molecular complexity index is 620. The van der Waals surface area contributed by atoms with Crippen LogP contribution in [0.15, 0.2) is 10.9 Å². The maximum Gasteiger partial charge on any atom is 0.245 e. The van der Waals surface area contributed by atoms with Gasteiger partial charge >= 0.3 is 0 Å². The highest BCUT2D eigenvalue weighted by Gasteiger charge is 2.30. The average molecular weight is 305 g/mol. The van der Waals surface area contributed by atoms with Gasteiger partial charge in [-0.3, -0.25) is 9.80 Å². The standard InChI is InChI=1S/C14H23N7O/c1-10(2)21-13(15-9-16-21)8-20-6-5-19(4)12(7-20)14-17-11(3)18-22-14/h9-10,12H,5-8H2,1-4H3/t12-/m1/s1. The van der Waals surface area contributed by atoms with Crippen molar-refractivity contribution >= 4 is 0 Å². The van der Waals surface area contributed by atoms with E-state index in [-0.39, 0.29) is 6.04 Å². The average Bonchev–Trinajstić information content (AvgIpc) is 3.10. The lowest BCUT2D eigenvalue weighted by atomic mass is 10.1. The van der Waals surface area contributed by atoms with Gasteiger partial charge in [0.2, 0.25) is 5.89 Å². The van der Waals surface area contributed by atoms with E-state index >= 15 is 0 Å². The molecule has 0 unspecified atom stereocenters. The van der Waals surface area contributed by atoms with E-state index in [1.165, 1.54) is 0 Å². The van der Waals surface area contributed by atoms with Gasteiger partial charge in [0.15, 0.2) is 5.82 Å². The van der Waals surface area contributed by atoms with Gasteiger partial charge in [0.05, 0.1) is 6.54 Å². The minimum Gasteiger partial charge on any atom is -0.338 e. The second kappa shape index (κ2) is 6.13. The summed E-state index contributed by atoms with van der Waals surface area (Å²) in [6, 6.07) is 0.449. The topological polar surface area (TPSA) is 76.1 Å². The number of aromatic nitrogens is 5. The molecule has 0 spiro atoms. The SMILES string of the molecule is Cc1noc([C@H]2CN(Cc3ncnn3C(C)C)CCN2C)n1. The third kappa shape index (κ3) is 3.02. The maximum atomic E-state index is 5.36. The van der Waals surface area contributed by atoms with Crippen molar-refractivity contribution < 1.29 is 4.52 Å². The summed E-state index contributed by atoms with van der Waals surface area (Å²) in [6.07, 6.45) is 1.63. The van der Waals surface area contributed by atoms with Crippen molar-refractivity contribution in [2.75, 3.05) is 26.7 Å². The molecule has 8 heteroatoms. The molecule has 0 bridgehead atoms. The zero-order valence-electron chi connectivity index (χ0n) is 13.6. The highest BCUT2D eigenvalue weighted by atomic mass is 16.5. The van der Waals surface area contributed by atoms with E-state index in [0.29, 0.717) is 17.8 Å². The zero-order chi connectivity index (χ0) is 15.7. The molecule has 1 atom stereocenters. The molecule has 8 nitrogen and oxygen atoms in total. The molecule has 3 rings (SSSR count). The van der Waals surface area contributed by atoms with Crippen LogP contribution in [-0.2, 0) is 6.54 Å². The Morgan fingerprint density at radius 1 is 1.36 bits per heavy atom. The van der Waals surface area contributed by atoms with E-state index in [0.717, 1.165) is 32.0 Å². The van der Waals surface area contributed by atoms with Crippen molar-refractivity contribution in [1.82, 2.24) is 34.7 Å². The number of nitrogens with zero attached hydrogens (tertiary/aromatic N) is 7. The number of piperazine rings is 1. The summed E-state index contributed by atoms with van der Waals surface area (Å²) in [6.45, 7) is 9.67. The van der Waals surface area contributed by atoms with Gasteiger partial charge in [-0.1, -0.05) is 5.16 Å². The van der Waals surface area contributed by atoms with Crippen LogP contribution in [-0.4, -0.2) is 61.4 Å². The minimum absolute atomic E-state index is 0.130. The Morgan fingerprint density at radius 2 is 2.18 bits per heavy atom. The third-order valence-corrected chi connectivity index (χ3v) is 4.06. The van der Waals surface area contributed by atoms with E-state index in [1.807, 2.05) is 11.6 Å². The van der Waals surface area contributed by atoms with E-state index in [1.54, 1.807) is 6.33 Å². The van der Waals surface area contributed by atoms with Crippen LogP contribution in [0.25, 0.3) is 0 Å². The minimum atomic E-state index is 0.130. The van der Waals surface area contributed by atoms with Gasteiger partial charge in [0, 0.05) is 25.7 Å². The summed E-state index contributed by atoms with van der Waals surface area (Å²) >= 11 is 0. The molecule has 3 heterocycles. The fourth-order valence-corrected chi connectivity index (χ4v) is 2.81. The third-order valence-electron chi connectivity index (χ3n) is 4.06. The molecule has 2 aromatic rings. The molecular formula is C14H23N7O. The van der Waals surface area contributed by atoms with Crippen LogP contribution in [0.5, 0.6) is 0 Å². The van der Waals surface area contributed by atoms with Gasteiger partial charge < -0.3 is 4.52 Å². The Morgan fingerprint density at radius 3 is 2.86 bits per heavy atom. The highest BCUT2D eigenvalue weighted by molar-refractivity contribution is 4.97. The molecule has 1 aliphatic heterocycles. The van der Waals surface area contributed by atoms with Crippen molar-refractivity contribution in [1.29, 1.82) is 0 Å². The number of rotatable bonds is 4. The predicted molar refractivity (Wildman–Crippen MR) is 80.1 cm³/mol.